The highest BCUT2D eigenvalue weighted by Crippen LogP contribution is 2.20. The summed E-state index contributed by atoms with van der Waals surface area (Å²) in [6.45, 7) is 2.90. The predicted octanol–water partition coefficient (Wildman–Crippen LogP) is 1.70. The first-order valence-corrected chi connectivity index (χ1v) is 5.90. The second-order valence-electron chi connectivity index (χ2n) is 4.49. The number of nitrogens with zero attached hydrogens (tertiary/aromatic N) is 1. The Morgan fingerprint density at radius 2 is 2.35 bits per heavy atom. The summed E-state index contributed by atoms with van der Waals surface area (Å²) in [7, 11) is 0. The second-order valence-corrected chi connectivity index (χ2v) is 4.49. The summed E-state index contributed by atoms with van der Waals surface area (Å²) in [5, 5.41) is 0. The zero-order chi connectivity index (χ0) is 12.4. The van der Waals surface area contributed by atoms with E-state index >= 15 is 0 Å². The molecule has 1 saturated heterocycles. The Kier molecular flexibility index (Phi) is 3.43. The van der Waals surface area contributed by atoms with Crippen molar-refractivity contribution in [3.8, 4) is 0 Å². The van der Waals surface area contributed by atoms with Crippen molar-refractivity contribution in [3.63, 3.8) is 0 Å². The Balaban J connectivity index is 2.21. The standard InChI is InChI=1S/C13H17FN2O/c1-9-7-10(4-5-12(9)14)13(17)16-6-2-3-11(16)8-15/h4-5,7,11H,2-3,6,8,15H2,1H3/t11-/m0/s1. The Hall–Kier alpha value is -1.42. The monoisotopic (exact) mass is 236 g/mol. The number of amides is 1. The highest BCUT2D eigenvalue weighted by molar-refractivity contribution is 5.94. The van der Waals surface area contributed by atoms with Crippen LogP contribution < -0.4 is 5.73 Å². The van der Waals surface area contributed by atoms with Gasteiger partial charge in [0.1, 0.15) is 5.82 Å². The number of rotatable bonds is 2. The molecule has 4 heteroatoms. The zero-order valence-corrected chi connectivity index (χ0v) is 9.95. The first kappa shape index (κ1) is 12.0. The van der Waals surface area contributed by atoms with Crippen LogP contribution in [0.2, 0.25) is 0 Å². The van der Waals surface area contributed by atoms with Crippen molar-refractivity contribution in [3.05, 3.63) is 35.1 Å². The van der Waals surface area contributed by atoms with Crippen LogP contribution in [0, 0.1) is 12.7 Å². The molecule has 0 spiro atoms. The van der Waals surface area contributed by atoms with Crippen LogP contribution in [-0.2, 0) is 0 Å². The molecule has 1 aliphatic heterocycles. The maximum Gasteiger partial charge on any atom is 0.254 e. The maximum atomic E-state index is 13.1. The van der Waals surface area contributed by atoms with Gasteiger partial charge in [0.2, 0.25) is 0 Å². The molecule has 1 aliphatic rings. The average Bonchev–Trinajstić information content (AvgIpc) is 2.80. The molecule has 0 radical (unpaired) electrons. The van der Waals surface area contributed by atoms with Crippen molar-refractivity contribution in [1.82, 2.24) is 4.90 Å². The minimum Gasteiger partial charge on any atom is -0.334 e. The molecule has 1 atom stereocenters. The Bertz CT molecular complexity index is 433. The van der Waals surface area contributed by atoms with Crippen LogP contribution >= 0.6 is 0 Å². The lowest BCUT2D eigenvalue weighted by atomic mass is 10.1. The van der Waals surface area contributed by atoms with Crippen molar-refractivity contribution in [2.75, 3.05) is 13.1 Å². The van der Waals surface area contributed by atoms with Gasteiger partial charge in [-0.2, -0.15) is 0 Å². The third-order valence-corrected chi connectivity index (χ3v) is 3.31. The number of benzene rings is 1. The van der Waals surface area contributed by atoms with Gasteiger partial charge in [-0.25, -0.2) is 4.39 Å². The third-order valence-electron chi connectivity index (χ3n) is 3.31. The Morgan fingerprint density at radius 3 is 3.00 bits per heavy atom. The number of aryl methyl sites for hydroxylation is 1. The van der Waals surface area contributed by atoms with E-state index < -0.39 is 0 Å². The van der Waals surface area contributed by atoms with Crippen LogP contribution in [0.3, 0.4) is 0 Å². The van der Waals surface area contributed by atoms with Crippen molar-refractivity contribution < 1.29 is 9.18 Å². The van der Waals surface area contributed by atoms with E-state index in [4.69, 9.17) is 5.73 Å². The summed E-state index contributed by atoms with van der Waals surface area (Å²) >= 11 is 0. The van der Waals surface area contributed by atoms with E-state index in [0.717, 1.165) is 19.4 Å². The van der Waals surface area contributed by atoms with E-state index in [9.17, 15) is 9.18 Å². The fourth-order valence-electron chi connectivity index (χ4n) is 2.29. The van der Waals surface area contributed by atoms with Crippen molar-refractivity contribution in [1.29, 1.82) is 0 Å². The van der Waals surface area contributed by atoms with Gasteiger partial charge < -0.3 is 10.6 Å². The molecule has 2 rings (SSSR count). The fourth-order valence-corrected chi connectivity index (χ4v) is 2.29. The Morgan fingerprint density at radius 1 is 1.59 bits per heavy atom. The number of halogens is 1. The van der Waals surface area contributed by atoms with Crippen LogP contribution in [0.15, 0.2) is 18.2 Å². The Labute approximate surface area is 100 Å². The molecule has 1 heterocycles. The lowest BCUT2D eigenvalue weighted by Gasteiger charge is -2.23. The minimum atomic E-state index is -0.279. The highest BCUT2D eigenvalue weighted by Gasteiger charge is 2.28. The van der Waals surface area contributed by atoms with Crippen LogP contribution in [0.25, 0.3) is 0 Å². The zero-order valence-electron chi connectivity index (χ0n) is 9.95. The number of nitrogens with two attached hydrogens (primary N) is 1. The summed E-state index contributed by atoms with van der Waals surface area (Å²) < 4.78 is 13.1. The normalized spacial score (nSPS) is 19.7. The van der Waals surface area contributed by atoms with E-state index in [1.807, 2.05) is 0 Å². The van der Waals surface area contributed by atoms with Crippen molar-refractivity contribution >= 4 is 5.91 Å². The molecule has 0 unspecified atom stereocenters. The SMILES string of the molecule is Cc1cc(C(=O)N2CCC[C@H]2CN)ccc1F. The maximum absolute atomic E-state index is 13.1. The predicted molar refractivity (Wildman–Crippen MR) is 64.2 cm³/mol. The number of hydrogen-bond acceptors (Lipinski definition) is 2. The van der Waals surface area contributed by atoms with E-state index in [1.54, 1.807) is 17.9 Å². The van der Waals surface area contributed by atoms with Crippen molar-refractivity contribution in [2.24, 2.45) is 5.73 Å². The van der Waals surface area contributed by atoms with Crippen molar-refractivity contribution in [2.45, 2.75) is 25.8 Å². The molecule has 1 aromatic carbocycles. The fraction of sp³-hybridized carbons (Fsp3) is 0.462. The molecule has 0 saturated carbocycles. The molecule has 0 aromatic heterocycles. The molecule has 92 valence electrons. The average molecular weight is 236 g/mol. The summed E-state index contributed by atoms with van der Waals surface area (Å²) in [4.78, 5) is 14.0. The smallest absolute Gasteiger partial charge is 0.254 e. The number of hydrogen-bond donors (Lipinski definition) is 1. The summed E-state index contributed by atoms with van der Waals surface area (Å²) in [5.74, 6) is -0.320. The first-order chi connectivity index (χ1) is 8.13. The molecule has 0 aliphatic carbocycles. The van der Waals surface area contributed by atoms with Gasteiger partial charge in [0, 0.05) is 24.7 Å². The quantitative estimate of drug-likeness (QED) is 0.849. The lowest BCUT2D eigenvalue weighted by molar-refractivity contribution is 0.0741. The van der Waals surface area contributed by atoms with Crippen LogP contribution in [0.4, 0.5) is 4.39 Å². The van der Waals surface area contributed by atoms with Gasteiger partial charge in [-0.05, 0) is 43.5 Å². The van der Waals surface area contributed by atoms with Crippen LogP contribution in [0.5, 0.6) is 0 Å². The van der Waals surface area contributed by atoms with Gasteiger partial charge in [0.25, 0.3) is 5.91 Å². The molecule has 1 aromatic rings. The van der Waals surface area contributed by atoms with E-state index in [0.29, 0.717) is 17.7 Å². The first-order valence-electron chi connectivity index (χ1n) is 5.90. The second kappa shape index (κ2) is 4.84. The molecule has 1 amide bonds. The lowest BCUT2D eigenvalue weighted by Crippen LogP contribution is -2.39. The summed E-state index contributed by atoms with van der Waals surface area (Å²) in [6, 6.07) is 4.61. The van der Waals surface area contributed by atoms with E-state index in [-0.39, 0.29) is 17.8 Å². The molecule has 3 nitrogen and oxygen atoms in total. The van der Waals surface area contributed by atoms with Crippen LogP contribution in [0.1, 0.15) is 28.8 Å². The summed E-state index contributed by atoms with van der Waals surface area (Å²) in [6.07, 6.45) is 1.95. The number of carbonyl (C=O) groups excluding carboxylic acids is 1. The third kappa shape index (κ3) is 2.31. The van der Waals surface area contributed by atoms with Gasteiger partial charge in [-0.1, -0.05) is 0 Å². The van der Waals surface area contributed by atoms with Gasteiger partial charge in [0.05, 0.1) is 0 Å². The van der Waals surface area contributed by atoms with Gasteiger partial charge in [-0.3, -0.25) is 4.79 Å². The van der Waals surface area contributed by atoms with E-state index in [2.05, 4.69) is 0 Å². The topological polar surface area (TPSA) is 46.3 Å². The molecule has 2 N–H and O–H groups in total. The molecule has 17 heavy (non-hydrogen) atoms. The van der Waals surface area contributed by atoms with Gasteiger partial charge >= 0.3 is 0 Å². The van der Waals surface area contributed by atoms with Gasteiger partial charge in [0.15, 0.2) is 0 Å². The van der Waals surface area contributed by atoms with Crippen LogP contribution in [-0.4, -0.2) is 29.9 Å². The highest BCUT2D eigenvalue weighted by atomic mass is 19.1. The molecular weight excluding hydrogens is 219 g/mol. The molecule has 1 fully saturated rings. The largest absolute Gasteiger partial charge is 0.334 e. The molecular formula is C13H17FN2O. The number of carbonyl (C=O) groups is 1. The van der Waals surface area contributed by atoms with E-state index in [1.165, 1.54) is 12.1 Å². The number of likely N-dealkylation sites (tertiary alicyclic amines) is 1. The van der Waals surface area contributed by atoms with Gasteiger partial charge in [-0.15, -0.1) is 0 Å². The minimum absolute atomic E-state index is 0.0407. The molecule has 0 bridgehead atoms. The summed E-state index contributed by atoms with van der Waals surface area (Å²) in [5.41, 5.74) is 6.69.